The molecule has 1 amide bonds. The second-order valence-corrected chi connectivity index (χ2v) is 4.57. The lowest BCUT2D eigenvalue weighted by atomic mass is 10.1. The number of nitrogens with one attached hydrogen (secondary N) is 1. The number of anilines is 2. The van der Waals surface area contributed by atoms with Gasteiger partial charge in [0.1, 0.15) is 0 Å². The highest BCUT2D eigenvalue weighted by Gasteiger charge is 2.12. The summed E-state index contributed by atoms with van der Waals surface area (Å²) in [5.41, 5.74) is 7.21. The van der Waals surface area contributed by atoms with Gasteiger partial charge in [0.15, 0.2) is 23.2 Å². The first-order valence-electron chi connectivity index (χ1n) is 6.54. The van der Waals surface area contributed by atoms with E-state index in [0.717, 1.165) is 5.56 Å². The standard InChI is InChI=1S/C15H13N5O2/c1-9-19-8-12(22-9)10-2-4-11(5-3-10)20-15(21)13-14(16)18-7-6-17-13/h2-8H,1H3,(H2,16,18)(H,20,21). The van der Waals surface area contributed by atoms with E-state index in [1.54, 1.807) is 25.3 Å². The zero-order chi connectivity index (χ0) is 15.5. The Bertz CT molecular complexity index is 811. The molecule has 0 atom stereocenters. The van der Waals surface area contributed by atoms with Crippen molar-refractivity contribution in [3.63, 3.8) is 0 Å². The molecule has 7 nitrogen and oxygen atoms in total. The number of carbonyl (C=O) groups excluding carboxylic acids is 1. The van der Waals surface area contributed by atoms with Crippen LogP contribution >= 0.6 is 0 Å². The predicted molar refractivity (Wildman–Crippen MR) is 81.1 cm³/mol. The van der Waals surface area contributed by atoms with Crippen molar-refractivity contribution in [3.8, 4) is 11.3 Å². The Kier molecular flexibility index (Phi) is 3.53. The summed E-state index contributed by atoms with van der Waals surface area (Å²) in [7, 11) is 0. The average Bonchev–Trinajstić information content (AvgIpc) is 2.95. The zero-order valence-electron chi connectivity index (χ0n) is 11.8. The van der Waals surface area contributed by atoms with Crippen LogP contribution in [0.4, 0.5) is 11.5 Å². The maximum atomic E-state index is 12.1. The Labute approximate surface area is 126 Å². The largest absolute Gasteiger partial charge is 0.441 e. The van der Waals surface area contributed by atoms with Crippen molar-refractivity contribution >= 4 is 17.4 Å². The molecule has 0 saturated heterocycles. The molecule has 0 saturated carbocycles. The van der Waals surface area contributed by atoms with Gasteiger partial charge < -0.3 is 15.5 Å². The maximum absolute atomic E-state index is 12.1. The van der Waals surface area contributed by atoms with Gasteiger partial charge >= 0.3 is 0 Å². The minimum absolute atomic E-state index is 0.0914. The SMILES string of the molecule is Cc1ncc(-c2ccc(NC(=O)c3nccnc3N)cc2)o1. The molecular formula is C15H13N5O2. The lowest BCUT2D eigenvalue weighted by Crippen LogP contribution is -2.16. The lowest BCUT2D eigenvalue weighted by Gasteiger charge is -2.06. The molecule has 1 aromatic carbocycles. The van der Waals surface area contributed by atoms with E-state index >= 15 is 0 Å². The van der Waals surface area contributed by atoms with Gasteiger partial charge in [0.05, 0.1) is 6.20 Å². The predicted octanol–water partition coefficient (Wildman–Crippen LogP) is 2.27. The van der Waals surface area contributed by atoms with Gasteiger partial charge in [-0.1, -0.05) is 0 Å². The van der Waals surface area contributed by atoms with Crippen LogP contribution in [0.15, 0.2) is 47.3 Å². The van der Waals surface area contributed by atoms with Crippen LogP contribution in [-0.2, 0) is 0 Å². The van der Waals surface area contributed by atoms with Crippen molar-refractivity contribution in [1.29, 1.82) is 0 Å². The van der Waals surface area contributed by atoms with E-state index in [-0.39, 0.29) is 11.5 Å². The van der Waals surface area contributed by atoms with E-state index in [2.05, 4.69) is 20.3 Å². The van der Waals surface area contributed by atoms with Gasteiger partial charge in [0.25, 0.3) is 5.91 Å². The van der Waals surface area contributed by atoms with Gasteiger partial charge in [-0.3, -0.25) is 4.79 Å². The topological polar surface area (TPSA) is 107 Å². The summed E-state index contributed by atoms with van der Waals surface area (Å²) >= 11 is 0. The van der Waals surface area contributed by atoms with Crippen LogP contribution in [0.5, 0.6) is 0 Å². The molecule has 7 heteroatoms. The number of amides is 1. The molecule has 0 spiro atoms. The summed E-state index contributed by atoms with van der Waals surface area (Å²) < 4.78 is 5.44. The zero-order valence-corrected chi connectivity index (χ0v) is 11.8. The molecule has 3 rings (SSSR count). The summed E-state index contributed by atoms with van der Waals surface area (Å²) in [6, 6.07) is 7.18. The average molecular weight is 295 g/mol. The normalized spacial score (nSPS) is 10.4. The summed E-state index contributed by atoms with van der Waals surface area (Å²) in [6.07, 6.45) is 4.50. The molecule has 0 bridgehead atoms. The van der Waals surface area contributed by atoms with Crippen LogP contribution in [0.25, 0.3) is 11.3 Å². The molecule has 22 heavy (non-hydrogen) atoms. The van der Waals surface area contributed by atoms with Gasteiger partial charge in [-0.2, -0.15) is 0 Å². The number of hydrogen-bond acceptors (Lipinski definition) is 6. The second-order valence-electron chi connectivity index (χ2n) is 4.57. The van der Waals surface area contributed by atoms with E-state index in [1.807, 2.05) is 12.1 Å². The van der Waals surface area contributed by atoms with Crippen molar-refractivity contribution in [2.75, 3.05) is 11.1 Å². The molecule has 3 aromatic rings. The Hall–Kier alpha value is -3.22. The molecule has 2 heterocycles. The van der Waals surface area contributed by atoms with Crippen LogP contribution in [0.2, 0.25) is 0 Å². The number of nitrogens with zero attached hydrogens (tertiary/aromatic N) is 3. The van der Waals surface area contributed by atoms with Crippen LogP contribution in [0.1, 0.15) is 16.4 Å². The number of benzene rings is 1. The third-order valence-corrected chi connectivity index (χ3v) is 2.99. The Morgan fingerprint density at radius 1 is 1.14 bits per heavy atom. The van der Waals surface area contributed by atoms with E-state index in [1.165, 1.54) is 12.4 Å². The molecule has 0 unspecified atom stereocenters. The monoisotopic (exact) mass is 295 g/mol. The van der Waals surface area contributed by atoms with E-state index in [4.69, 9.17) is 10.2 Å². The first-order valence-corrected chi connectivity index (χ1v) is 6.54. The molecular weight excluding hydrogens is 282 g/mol. The van der Waals surface area contributed by atoms with Crippen molar-refractivity contribution in [1.82, 2.24) is 15.0 Å². The van der Waals surface area contributed by atoms with Gasteiger partial charge in [0.2, 0.25) is 0 Å². The van der Waals surface area contributed by atoms with E-state index < -0.39 is 5.91 Å². The molecule has 0 aliphatic carbocycles. The van der Waals surface area contributed by atoms with Gasteiger partial charge in [-0.15, -0.1) is 0 Å². The molecule has 0 fully saturated rings. The summed E-state index contributed by atoms with van der Waals surface area (Å²) in [5.74, 6) is 0.960. The number of aryl methyl sites for hydroxylation is 1. The Balaban J connectivity index is 1.76. The fourth-order valence-corrected chi connectivity index (χ4v) is 1.93. The first-order chi connectivity index (χ1) is 10.6. The minimum Gasteiger partial charge on any atom is -0.441 e. The number of aromatic nitrogens is 3. The quantitative estimate of drug-likeness (QED) is 0.767. The van der Waals surface area contributed by atoms with Crippen molar-refractivity contribution in [2.24, 2.45) is 0 Å². The summed E-state index contributed by atoms with van der Waals surface area (Å²) in [5, 5.41) is 2.72. The minimum atomic E-state index is -0.408. The van der Waals surface area contributed by atoms with Gasteiger partial charge in [0, 0.05) is 30.6 Å². The van der Waals surface area contributed by atoms with Crippen molar-refractivity contribution < 1.29 is 9.21 Å². The number of hydrogen-bond donors (Lipinski definition) is 2. The summed E-state index contributed by atoms with van der Waals surface area (Å²) in [6.45, 7) is 1.78. The Morgan fingerprint density at radius 2 is 1.86 bits per heavy atom. The highest BCUT2D eigenvalue weighted by atomic mass is 16.4. The van der Waals surface area contributed by atoms with Crippen LogP contribution in [0.3, 0.4) is 0 Å². The highest BCUT2D eigenvalue weighted by Crippen LogP contribution is 2.22. The number of nitrogens with two attached hydrogens (primary N) is 1. The highest BCUT2D eigenvalue weighted by molar-refractivity contribution is 6.05. The maximum Gasteiger partial charge on any atom is 0.278 e. The number of nitrogen functional groups attached to an aromatic ring is 1. The third-order valence-electron chi connectivity index (χ3n) is 2.99. The summed E-state index contributed by atoms with van der Waals surface area (Å²) in [4.78, 5) is 23.9. The molecule has 0 radical (unpaired) electrons. The first kappa shape index (κ1) is 13.7. The second kappa shape index (κ2) is 5.65. The van der Waals surface area contributed by atoms with E-state index in [0.29, 0.717) is 17.3 Å². The molecule has 110 valence electrons. The molecule has 0 aliphatic heterocycles. The molecule has 0 aliphatic rings. The third kappa shape index (κ3) is 2.78. The molecule has 2 aromatic heterocycles. The van der Waals surface area contributed by atoms with Crippen molar-refractivity contribution in [2.45, 2.75) is 6.92 Å². The van der Waals surface area contributed by atoms with Crippen LogP contribution < -0.4 is 11.1 Å². The lowest BCUT2D eigenvalue weighted by molar-refractivity contribution is 0.102. The fourth-order valence-electron chi connectivity index (χ4n) is 1.93. The Morgan fingerprint density at radius 3 is 2.50 bits per heavy atom. The van der Waals surface area contributed by atoms with Crippen LogP contribution in [0, 0.1) is 6.92 Å². The van der Waals surface area contributed by atoms with E-state index in [9.17, 15) is 4.79 Å². The van der Waals surface area contributed by atoms with Crippen molar-refractivity contribution in [3.05, 3.63) is 54.4 Å². The number of carbonyl (C=O) groups is 1. The van der Waals surface area contributed by atoms with Gasteiger partial charge in [-0.05, 0) is 24.3 Å². The number of rotatable bonds is 3. The fraction of sp³-hybridized carbons (Fsp3) is 0.0667. The van der Waals surface area contributed by atoms with Gasteiger partial charge in [-0.25, -0.2) is 15.0 Å². The van der Waals surface area contributed by atoms with Crippen LogP contribution in [-0.4, -0.2) is 20.9 Å². The smallest absolute Gasteiger partial charge is 0.278 e. The number of oxazole rings is 1. The molecule has 3 N–H and O–H groups in total.